The predicted octanol–water partition coefficient (Wildman–Crippen LogP) is 4.62. The van der Waals surface area contributed by atoms with Gasteiger partial charge in [0, 0.05) is 5.69 Å². The second kappa shape index (κ2) is 13.9. The number of carbonyl (C=O) groups excluding carboxylic acids is 2. The van der Waals surface area contributed by atoms with Crippen molar-refractivity contribution in [2.24, 2.45) is 0 Å². The van der Waals surface area contributed by atoms with Gasteiger partial charge in [-0.2, -0.15) is 0 Å². The van der Waals surface area contributed by atoms with E-state index in [-0.39, 0.29) is 18.8 Å². The first-order chi connectivity index (χ1) is 17.0. The quantitative estimate of drug-likeness (QED) is 0.226. The fraction of sp³-hybridized carbons (Fsp3) is 0.259. The van der Waals surface area contributed by atoms with Gasteiger partial charge in [0.25, 0.3) is 0 Å². The molecule has 3 rings (SSSR count). The van der Waals surface area contributed by atoms with Crippen LogP contribution >= 0.6 is 0 Å². The highest BCUT2D eigenvalue weighted by Gasteiger charge is 2.22. The maximum absolute atomic E-state index is 13.1. The Morgan fingerprint density at radius 2 is 1.51 bits per heavy atom. The van der Waals surface area contributed by atoms with Crippen LogP contribution in [-0.2, 0) is 16.1 Å². The molecule has 4 N–H and O–H groups in total. The topological polar surface area (TPSA) is 108 Å². The Kier molecular flexibility index (Phi) is 10.4. The van der Waals surface area contributed by atoms with E-state index < -0.39 is 19.3 Å². The van der Waals surface area contributed by atoms with Crippen molar-refractivity contribution in [3.05, 3.63) is 90.5 Å². The van der Waals surface area contributed by atoms with Gasteiger partial charge < -0.3 is 25.4 Å². The molecule has 0 saturated carbocycles. The first-order valence-corrected chi connectivity index (χ1v) is 11.8. The molecule has 0 heterocycles. The number of carbonyl (C=O) groups is 2. The van der Waals surface area contributed by atoms with Gasteiger partial charge >= 0.3 is 13.2 Å². The van der Waals surface area contributed by atoms with Gasteiger partial charge in [-0.15, -0.1) is 0 Å². The van der Waals surface area contributed by atoms with E-state index >= 15 is 0 Å². The van der Waals surface area contributed by atoms with Gasteiger partial charge in [-0.1, -0.05) is 92.1 Å². The summed E-state index contributed by atoms with van der Waals surface area (Å²) in [6.45, 7) is 0.106. The molecule has 0 aliphatic rings. The van der Waals surface area contributed by atoms with Gasteiger partial charge in [0.15, 0.2) is 0 Å². The Hall–Kier alpha value is -3.62. The molecular formula is C27H31BN2O5. The van der Waals surface area contributed by atoms with E-state index in [0.29, 0.717) is 31.4 Å². The molecule has 0 aliphatic carbocycles. The number of alkyl carbamates (subject to hydrolysis) is 1. The number of unbranched alkanes of at least 4 members (excludes halogenated alkanes) is 2. The highest BCUT2D eigenvalue weighted by Crippen LogP contribution is 2.22. The second-order valence-corrected chi connectivity index (χ2v) is 8.31. The molecule has 3 aromatic rings. The Morgan fingerprint density at radius 1 is 0.829 bits per heavy atom. The smallest absolute Gasteiger partial charge is 0.445 e. The predicted molar refractivity (Wildman–Crippen MR) is 138 cm³/mol. The minimum absolute atomic E-state index is 0.106. The SMILES string of the molecule is O=C(NC(CCCCCB(O)O)C(=O)Nc1cccc(-c2ccccc2)c1)OCc1ccccc1. The number of benzene rings is 3. The van der Waals surface area contributed by atoms with Gasteiger partial charge in [-0.3, -0.25) is 4.79 Å². The number of ether oxygens (including phenoxy) is 1. The van der Waals surface area contributed by atoms with Gasteiger partial charge in [-0.05, 0) is 41.6 Å². The molecule has 7 nitrogen and oxygen atoms in total. The van der Waals surface area contributed by atoms with E-state index in [1.54, 1.807) is 6.07 Å². The van der Waals surface area contributed by atoms with Crippen molar-refractivity contribution in [2.45, 2.75) is 44.7 Å². The summed E-state index contributed by atoms with van der Waals surface area (Å²) in [5, 5.41) is 23.6. The zero-order valence-corrected chi connectivity index (χ0v) is 19.6. The van der Waals surface area contributed by atoms with Crippen molar-refractivity contribution in [3.63, 3.8) is 0 Å². The van der Waals surface area contributed by atoms with Crippen molar-refractivity contribution < 1.29 is 24.4 Å². The average Bonchev–Trinajstić information content (AvgIpc) is 2.87. The maximum Gasteiger partial charge on any atom is 0.451 e. The van der Waals surface area contributed by atoms with Crippen molar-refractivity contribution in [1.82, 2.24) is 5.32 Å². The summed E-state index contributed by atoms with van der Waals surface area (Å²) in [5.41, 5.74) is 3.49. The number of anilines is 1. The number of amides is 2. The van der Waals surface area contributed by atoms with Crippen LogP contribution in [0.15, 0.2) is 84.9 Å². The molecule has 1 atom stereocenters. The van der Waals surface area contributed by atoms with Crippen molar-refractivity contribution in [2.75, 3.05) is 5.32 Å². The van der Waals surface area contributed by atoms with E-state index in [4.69, 9.17) is 14.8 Å². The van der Waals surface area contributed by atoms with Gasteiger partial charge in [0.1, 0.15) is 12.6 Å². The minimum atomic E-state index is -1.34. The highest BCUT2D eigenvalue weighted by atomic mass is 16.5. The lowest BCUT2D eigenvalue weighted by molar-refractivity contribution is -0.118. The van der Waals surface area contributed by atoms with E-state index in [9.17, 15) is 9.59 Å². The molecule has 2 amide bonds. The molecule has 0 spiro atoms. The standard InChI is InChI=1S/C27H31BN2O5/c31-26(29-24-16-10-15-23(19-24)22-13-6-2-7-14-22)25(17-8-3-9-18-28(33)34)30-27(32)35-20-21-11-4-1-5-12-21/h1-2,4-7,10-16,19,25,33-34H,3,8-9,17-18,20H2,(H,29,31)(H,30,32). The normalized spacial score (nSPS) is 11.4. The largest absolute Gasteiger partial charge is 0.451 e. The summed E-state index contributed by atoms with van der Waals surface area (Å²) in [4.78, 5) is 25.5. The summed E-state index contributed by atoms with van der Waals surface area (Å²) >= 11 is 0. The van der Waals surface area contributed by atoms with Crippen LogP contribution in [0.2, 0.25) is 6.32 Å². The molecule has 182 valence electrons. The van der Waals surface area contributed by atoms with E-state index in [0.717, 1.165) is 16.7 Å². The Balaban J connectivity index is 1.61. The van der Waals surface area contributed by atoms with Crippen molar-refractivity contribution >= 4 is 24.8 Å². The van der Waals surface area contributed by atoms with Crippen LogP contribution < -0.4 is 10.6 Å². The van der Waals surface area contributed by atoms with Gasteiger partial charge in [0.05, 0.1) is 0 Å². The Labute approximate surface area is 206 Å². The van der Waals surface area contributed by atoms with Crippen molar-refractivity contribution in [1.29, 1.82) is 0 Å². The number of hydrogen-bond acceptors (Lipinski definition) is 5. The molecule has 0 radical (unpaired) electrons. The molecule has 0 saturated heterocycles. The van der Waals surface area contributed by atoms with Gasteiger partial charge in [-0.25, -0.2) is 4.79 Å². The fourth-order valence-corrected chi connectivity index (χ4v) is 3.66. The van der Waals surface area contributed by atoms with Crippen LogP contribution in [-0.4, -0.2) is 35.2 Å². The summed E-state index contributed by atoms with van der Waals surface area (Å²) in [6, 6.07) is 25.9. The van der Waals surface area contributed by atoms with Crippen LogP contribution in [0.1, 0.15) is 31.2 Å². The van der Waals surface area contributed by atoms with Crippen molar-refractivity contribution in [3.8, 4) is 11.1 Å². The zero-order valence-electron chi connectivity index (χ0n) is 19.6. The molecule has 1 unspecified atom stereocenters. The average molecular weight is 474 g/mol. The van der Waals surface area contributed by atoms with Crippen LogP contribution in [0.4, 0.5) is 10.5 Å². The van der Waals surface area contributed by atoms with Crippen LogP contribution in [0.5, 0.6) is 0 Å². The number of rotatable bonds is 12. The monoisotopic (exact) mass is 474 g/mol. The van der Waals surface area contributed by atoms with E-state index in [2.05, 4.69) is 10.6 Å². The van der Waals surface area contributed by atoms with E-state index in [1.807, 2.05) is 78.9 Å². The van der Waals surface area contributed by atoms with Crippen LogP contribution in [0.3, 0.4) is 0 Å². The first-order valence-electron chi connectivity index (χ1n) is 11.8. The third-order valence-electron chi connectivity index (χ3n) is 5.51. The summed E-state index contributed by atoms with van der Waals surface area (Å²) in [7, 11) is -1.34. The summed E-state index contributed by atoms with van der Waals surface area (Å²) in [6.07, 6.45) is 1.95. The first kappa shape index (κ1) is 26.0. The lowest BCUT2D eigenvalue weighted by Crippen LogP contribution is -2.44. The molecule has 0 fully saturated rings. The lowest BCUT2D eigenvalue weighted by atomic mass is 9.83. The molecule has 0 aromatic heterocycles. The third-order valence-corrected chi connectivity index (χ3v) is 5.51. The lowest BCUT2D eigenvalue weighted by Gasteiger charge is -2.19. The Morgan fingerprint density at radius 3 is 2.23 bits per heavy atom. The fourth-order valence-electron chi connectivity index (χ4n) is 3.66. The van der Waals surface area contributed by atoms with Crippen LogP contribution in [0, 0.1) is 0 Å². The summed E-state index contributed by atoms with van der Waals surface area (Å²) in [5.74, 6) is -0.339. The van der Waals surface area contributed by atoms with Crippen LogP contribution in [0.25, 0.3) is 11.1 Å². The molecule has 0 aliphatic heterocycles. The maximum atomic E-state index is 13.1. The minimum Gasteiger partial charge on any atom is -0.445 e. The third kappa shape index (κ3) is 9.27. The second-order valence-electron chi connectivity index (χ2n) is 8.31. The molecule has 3 aromatic carbocycles. The molecule has 35 heavy (non-hydrogen) atoms. The summed E-state index contributed by atoms with van der Waals surface area (Å²) < 4.78 is 5.30. The number of nitrogens with one attached hydrogen (secondary N) is 2. The highest BCUT2D eigenvalue weighted by molar-refractivity contribution is 6.40. The van der Waals surface area contributed by atoms with Gasteiger partial charge in [0.2, 0.25) is 5.91 Å². The Bertz CT molecular complexity index is 1060. The molecule has 0 bridgehead atoms. The zero-order chi connectivity index (χ0) is 24.9. The molecule has 8 heteroatoms. The van der Waals surface area contributed by atoms with E-state index in [1.165, 1.54) is 0 Å². The number of hydrogen-bond donors (Lipinski definition) is 4. The molecular weight excluding hydrogens is 443 g/mol.